The minimum atomic E-state index is -0.522. The number of nitriles is 1. The number of hydrogen-bond donors (Lipinski definition) is 1. The van der Waals surface area contributed by atoms with Gasteiger partial charge in [0.15, 0.2) is 5.13 Å². The van der Waals surface area contributed by atoms with E-state index in [4.69, 9.17) is 5.26 Å². The van der Waals surface area contributed by atoms with Gasteiger partial charge in [0.2, 0.25) is 0 Å². The summed E-state index contributed by atoms with van der Waals surface area (Å²) in [4.78, 5) is 14.7. The first-order valence-electron chi connectivity index (χ1n) is 6.23. The predicted octanol–water partition coefficient (Wildman–Crippen LogP) is 3.96. The first kappa shape index (κ1) is 14.9. The number of nitro groups is 1. The number of benzene rings is 1. The lowest BCUT2D eigenvalue weighted by Gasteiger charge is -2.14. The van der Waals surface area contributed by atoms with Crippen molar-refractivity contribution in [2.24, 2.45) is 0 Å². The van der Waals surface area contributed by atoms with E-state index in [1.807, 2.05) is 11.4 Å². The van der Waals surface area contributed by atoms with Crippen molar-refractivity contribution in [3.63, 3.8) is 0 Å². The molecule has 6 nitrogen and oxygen atoms in total. The number of nitrogens with zero attached hydrogens (tertiary/aromatic N) is 3. The van der Waals surface area contributed by atoms with Crippen LogP contribution >= 0.6 is 11.3 Å². The molecule has 108 valence electrons. The third kappa shape index (κ3) is 3.35. The fourth-order valence-corrected chi connectivity index (χ4v) is 2.59. The molecular formula is C14H14N4O2S. The van der Waals surface area contributed by atoms with E-state index in [1.54, 1.807) is 0 Å². The minimum absolute atomic E-state index is 0.0516. The van der Waals surface area contributed by atoms with Crippen LogP contribution in [0.5, 0.6) is 0 Å². The molecule has 1 heterocycles. The molecular weight excluding hydrogens is 288 g/mol. The van der Waals surface area contributed by atoms with Gasteiger partial charge >= 0.3 is 0 Å². The lowest BCUT2D eigenvalue weighted by molar-refractivity contribution is -0.384. The fourth-order valence-electron chi connectivity index (χ4n) is 1.64. The zero-order chi connectivity index (χ0) is 15.6. The second-order valence-corrected chi connectivity index (χ2v) is 6.37. The van der Waals surface area contributed by atoms with Crippen molar-refractivity contribution in [1.29, 1.82) is 5.26 Å². The predicted molar refractivity (Wildman–Crippen MR) is 81.9 cm³/mol. The van der Waals surface area contributed by atoms with Gasteiger partial charge in [0.25, 0.3) is 5.69 Å². The van der Waals surface area contributed by atoms with Gasteiger partial charge in [0.05, 0.1) is 21.9 Å². The summed E-state index contributed by atoms with van der Waals surface area (Å²) < 4.78 is 0. The van der Waals surface area contributed by atoms with Gasteiger partial charge in [0, 0.05) is 22.9 Å². The number of rotatable bonds is 3. The van der Waals surface area contributed by atoms with E-state index in [-0.39, 0.29) is 16.7 Å². The highest BCUT2D eigenvalue weighted by Gasteiger charge is 2.18. The molecule has 2 rings (SSSR count). The van der Waals surface area contributed by atoms with Gasteiger partial charge in [-0.1, -0.05) is 20.8 Å². The van der Waals surface area contributed by atoms with Crippen molar-refractivity contribution in [2.45, 2.75) is 26.2 Å². The van der Waals surface area contributed by atoms with Crippen molar-refractivity contribution in [2.75, 3.05) is 5.32 Å². The summed E-state index contributed by atoms with van der Waals surface area (Å²) >= 11 is 1.44. The summed E-state index contributed by atoms with van der Waals surface area (Å²) in [5.41, 5.74) is 1.53. The number of aromatic nitrogens is 1. The van der Waals surface area contributed by atoms with E-state index in [2.05, 4.69) is 31.1 Å². The smallest absolute Gasteiger partial charge is 0.270 e. The molecule has 1 aromatic heterocycles. The summed E-state index contributed by atoms with van der Waals surface area (Å²) in [6.07, 6.45) is 0. The molecule has 1 N–H and O–H groups in total. The summed E-state index contributed by atoms with van der Waals surface area (Å²) in [5.74, 6) is 0. The standard InChI is InChI=1S/C14H14N4O2S/c1-14(2,3)12-8-21-13(17-12)16-11-5-4-10(18(19)20)6-9(11)7-15/h4-6,8H,1-3H3,(H,16,17). The molecule has 0 bridgehead atoms. The van der Waals surface area contributed by atoms with E-state index >= 15 is 0 Å². The number of nitrogens with one attached hydrogen (secondary N) is 1. The molecule has 0 aliphatic heterocycles. The Morgan fingerprint density at radius 3 is 2.67 bits per heavy atom. The minimum Gasteiger partial charge on any atom is -0.330 e. The summed E-state index contributed by atoms with van der Waals surface area (Å²) in [7, 11) is 0. The Morgan fingerprint density at radius 2 is 2.14 bits per heavy atom. The second kappa shape index (κ2) is 5.50. The van der Waals surface area contributed by atoms with E-state index < -0.39 is 4.92 Å². The topological polar surface area (TPSA) is 91.9 Å². The Labute approximate surface area is 126 Å². The molecule has 7 heteroatoms. The zero-order valence-electron chi connectivity index (χ0n) is 11.9. The zero-order valence-corrected chi connectivity index (χ0v) is 12.7. The van der Waals surface area contributed by atoms with Crippen LogP contribution in [0.4, 0.5) is 16.5 Å². The number of nitro benzene ring substituents is 1. The number of thiazole rings is 1. The van der Waals surface area contributed by atoms with Crippen LogP contribution in [0.1, 0.15) is 32.0 Å². The first-order valence-corrected chi connectivity index (χ1v) is 7.11. The van der Waals surface area contributed by atoms with Gasteiger partial charge in [0.1, 0.15) is 6.07 Å². The van der Waals surface area contributed by atoms with Gasteiger partial charge < -0.3 is 5.32 Å². The monoisotopic (exact) mass is 302 g/mol. The van der Waals surface area contributed by atoms with Crippen LogP contribution in [0, 0.1) is 21.4 Å². The van der Waals surface area contributed by atoms with E-state index in [1.165, 1.54) is 29.5 Å². The van der Waals surface area contributed by atoms with Gasteiger partial charge in [-0.2, -0.15) is 5.26 Å². The molecule has 2 aromatic rings. The molecule has 0 spiro atoms. The largest absolute Gasteiger partial charge is 0.330 e. The fraction of sp³-hybridized carbons (Fsp3) is 0.286. The van der Waals surface area contributed by atoms with Crippen LogP contribution in [0.3, 0.4) is 0 Å². The molecule has 0 aliphatic carbocycles. The highest BCUT2D eigenvalue weighted by Crippen LogP contribution is 2.30. The molecule has 0 saturated heterocycles. The van der Waals surface area contributed by atoms with Crippen molar-refractivity contribution in [3.8, 4) is 6.07 Å². The second-order valence-electron chi connectivity index (χ2n) is 5.51. The first-order chi connectivity index (χ1) is 9.81. The maximum absolute atomic E-state index is 10.7. The van der Waals surface area contributed by atoms with Crippen molar-refractivity contribution < 1.29 is 4.92 Å². The van der Waals surface area contributed by atoms with E-state index in [9.17, 15) is 10.1 Å². The van der Waals surface area contributed by atoms with Crippen LogP contribution in [0.2, 0.25) is 0 Å². The molecule has 1 aromatic carbocycles. The summed E-state index contributed by atoms with van der Waals surface area (Å²) in [6, 6.07) is 6.09. The van der Waals surface area contributed by atoms with Crippen LogP contribution < -0.4 is 5.32 Å². The van der Waals surface area contributed by atoms with E-state index in [0.29, 0.717) is 10.8 Å². The Kier molecular flexibility index (Phi) is 3.91. The van der Waals surface area contributed by atoms with Crippen LogP contribution in [-0.4, -0.2) is 9.91 Å². The van der Waals surface area contributed by atoms with Crippen LogP contribution in [0.25, 0.3) is 0 Å². The third-order valence-corrected chi connectivity index (χ3v) is 3.61. The Balaban J connectivity index is 2.30. The Morgan fingerprint density at radius 1 is 1.43 bits per heavy atom. The maximum atomic E-state index is 10.7. The van der Waals surface area contributed by atoms with Crippen molar-refractivity contribution >= 4 is 27.8 Å². The average Bonchev–Trinajstić information content (AvgIpc) is 2.87. The quantitative estimate of drug-likeness (QED) is 0.684. The van der Waals surface area contributed by atoms with E-state index in [0.717, 1.165) is 5.69 Å². The van der Waals surface area contributed by atoms with Crippen molar-refractivity contribution in [3.05, 3.63) is 45.0 Å². The number of hydrogen-bond acceptors (Lipinski definition) is 6. The maximum Gasteiger partial charge on any atom is 0.270 e. The van der Waals surface area contributed by atoms with Crippen LogP contribution in [-0.2, 0) is 5.41 Å². The molecule has 0 fully saturated rings. The molecule has 0 amide bonds. The summed E-state index contributed by atoms with van der Waals surface area (Å²) in [6.45, 7) is 6.20. The normalized spacial score (nSPS) is 11.0. The SMILES string of the molecule is CC(C)(C)c1csc(Nc2ccc([N+](=O)[O-])cc2C#N)n1. The molecule has 0 aliphatic rings. The molecule has 0 atom stereocenters. The van der Waals surface area contributed by atoms with Gasteiger partial charge in [-0.25, -0.2) is 4.98 Å². The van der Waals surface area contributed by atoms with Crippen LogP contribution in [0.15, 0.2) is 23.6 Å². The lowest BCUT2D eigenvalue weighted by atomic mass is 9.93. The Bertz CT molecular complexity index is 725. The Hall–Kier alpha value is -2.46. The molecule has 0 unspecified atom stereocenters. The number of anilines is 2. The highest BCUT2D eigenvalue weighted by atomic mass is 32.1. The molecule has 0 saturated carbocycles. The molecule has 0 radical (unpaired) electrons. The molecule has 21 heavy (non-hydrogen) atoms. The lowest BCUT2D eigenvalue weighted by Crippen LogP contribution is -2.11. The van der Waals surface area contributed by atoms with Gasteiger partial charge in [-0.3, -0.25) is 10.1 Å². The van der Waals surface area contributed by atoms with Crippen molar-refractivity contribution in [1.82, 2.24) is 4.98 Å². The third-order valence-electron chi connectivity index (χ3n) is 2.85. The average molecular weight is 302 g/mol. The van der Waals surface area contributed by atoms with Gasteiger partial charge in [-0.15, -0.1) is 11.3 Å². The van der Waals surface area contributed by atoms with Gasteiger partial charge in [-0.05, 0) is 6.07 Å². The summed E-state index contributed by atoms with van der Waals surface area (Å²) in [5, 5.41) is 25.5. The number of non-ortho nitro benzene ring substituents is 1. The highest BCUT2D eigenvalue weighted by molar-refractivity contribution is 7.13.